The number of anilines is 1. The number of carbonyl (C=O) groups is 1. The molecule has 5 nitrogen and oxygen atoms in total. The van der Waals surface area contributed by atoms with E-state index in [0.717, 1.165) is 12.2 Å². The third-order valence-corrected chi connectivity index (χ3v) is 3.14. The van der Waals surface area contributed by atoms with Crippen molar-refractivity contribution in [1.82, 2.24) is 10.6 Å². The van der Waals surface area contributed by atoms with E-state index in [4.69, 9.17) is 4.74 Å². The molecular weight excluding hydrogens is 254 g/mol. The molecule has 0 unspecified atom stereocenters. The molecule has 1 aromatic rings. The van der Waals surface area contributed by atoms with Gasteiger partial charge < -0.3 is 20.3 Å². The van der Waals surface area contributed by atoms with Gasteiger partial charge in [-0.2, -0.15) is 0 Å². The van der Waals surface area contributed by atoms with Gasteiger partial charge in [-0.05, 0) is 37.2 Å². The van der Waals surface area contributed by atoms with Crippen LogP contribution in [0.2, 0.25) is 0 Å². The monoisotopic (exact) mass is 279 g/mol. The van der Waals surface area contributed by atoms with Crippen LogP contribution >= 0.6 is 0 Å². The van der Waals surface area contributed by atoms with Crippen molar-refractivity contribution in [3.63, 3.8) is 0 Å². The summed E-state index contributed by atoms with van der Waals surface area (Å²) in [6, 6.07) is 6.25. The van der Waals surface area contributed by atoms with Crippen molar-refractivity contribution in [3.8, 4) is 0 Å². The molecule has 20 heavy (non-hydrogen) atoms. The number of nitrogens with one attached hydrogen (secondary N) is 2. The van der Waals surface area contributed by atoms with Gasteiger partial charge in [-0.25, -0.2) is 0 Å². The molecule has 5 heteroatoms. The first kappa shape index (κ1) is 16.5. The standard InChI is InChI=1S/C15H25N3O2/c1-12-9-14(6-5-13(12)10-16-2)18(3)11-15(19)17-7-8-20-4/h5-6,9,16H,7-8,10-11H2,1-4H3,(H,17,19). The number of hydrogen-bond acceptors (Lipinski definition) is 4. The number of likely N-dealkylation sites (N-methyl/N-ethyl adjacent to an activating group) is 1. The number of aryl methyl sites for hydroxylation is 1. The van der Waals surface area contributed by atoms with E-state index in [9.17, 15) is 4.79 Å². The molecule has 0 fully saturated rings. The lowest BCUT2D eigenvalue weighted by Crippen LogP contribution is -2.36. The summed E-state index contributed by atoms with van der Waals surface area (Å²) in [6.07, 6.45) is 0. The number of methoxy groups -OCH3 is 1. The summed E-state index contributed by atoms with van der Waals surface area (Å²) in [7, 11) is 5.47. The zero-order chi connectivity index (χ0) is 15.0. The summed E-state index contributed by atoms with van der Waals surface area (Å²) < 4.78 is 4.90. The van der Waals surface area contributed by atoms with E-state index >= 15 is 0 Å². The molecule has 0 saturated heterocycles. The van der Waals surface area contributed by atoms with Crippen LogP contribution in [0, 0.1) is 6.92 Å². The van der Waals surface area contributed by atoms with E-state index in [2.05, 4.69) is 29.7 Å². The maximum atomic E-state index is 11.7. The highest BCUT2D eigenvalue weighted by molar-refractivity contribution is 5.81. The summed E-state index contributed by atoms with van der Waals surface area (Å²) >= 11 is 0. The maximum absolute atomic E-state index is 11.7. The number of rotatable bonds is 8. The Hall–Kier alpha value is -1.59. The molecule has 0 aliphatic rings. The normalized spacial score (nSPS) is 10.4. The van der Waals surface area contributed by atoms with Crippen LogP contribution in [-0.4, -0.2) is 46.8 Å². The third kappa shape index (κ3) is 5.19. The average Bonchev–Trinajstić information content (AvgIpc) is 2.41. The van der Waals surface area contributed by atoms with E-state index in [1.807, 2.05) is 25.1 Å². The average molecular weight is 279 g/mol. The summed E-state index contributed by atoms with van der Waals surface area (Å²) in [4.78, 5) is 13.7. The minimum absolute atomic E-state index is 0.00139. The highest BCUT2D eigenvalue weighted by atomic mass is 16.5. The van der Waals surface area contributed by atoms with E-state index in [0.29, 0.717) is 19.7 Å². The van der Waals surface area contributed by atoms with Gasteiger partial charge in [0.05, 0.1) is 13.2 Å². The molecule has 1 rings (SSSR count). The van der Waals surface area contributed by atoms with Gasteiger partial charge in [-0.15, -0.1) is 0 Å². The molecule has 0 bridgehead atoms. The number of hydrogen-bond donors (Lipinski definition) is 2. The fourth-order valence-electron chi connectivity index (χ4n) is 1.96. The van der Waals surface area contributed by atoms with Gasteiger partial charge in [0.15, 0.2) is 0 Å². The van der Waals surface area contributed by atoms with Crippen LogP contribution in [0.5, 0.6) is 0 Å². The summed E-state index contributed by atoms with van der Waals surface area (Å²) in [5.74, 6) is 0.00139. The van der Waals surface area contributed by atoms with Crippen LogP contribution in [0.25, 0.3) is 0 Å². The maximum Gasteiger partial charge on any atom is 0.239 e. The van der Waals surface area contributed by atoms with Crippen LogP contribution in [0.4, 0.5) is 5.69 Å². The Bertz CT molecular complexity index is 435. The van der Waals surface area contributed by atoms with Gasteiger partial charge in [0, 0.05) is 32.9 Å². The first-order valence-electron chi connectivity index (χ1n) is 6.79. The molecule has 0 radical (unpaired) electrons. The second-order valence-corrected chi connectivity index (χ2v) is 4.84. The van der Waals surface area contributed by atoms with E-state index < -0.39 is 0 Å². The number of carbonyl (C=O) groups excluding carboxylic acids is 1. The van der Waals surface area contributed by atoms with Gasteiger partial charge in [-0.3, -0.25) is 4.79 Å². The lowest BCUT2D eigenvalue weighted by molar-refractivity contribution is -0.119. The molecule has 2 N–H and O–H groups in total. The number of nitrogens with zero attached hydrogens (tertiary/aromatic N) is 1. The summed E-state index contributed by atoms with van der Waals surface area (Å²) in [5.41, 5.74) is 3.54. The topological polar surface area (TPSA) is 53.6 Å². The Labute approximate surface area is 121 Å². The molecule has 0 atom stereocenters. The Morgan fingerprint density at radius 1 is 1.40 bits per heavy atom. The van der Waals surface area contributed by atoms with Gasteiger partial charge in [-0.1, -0.05) is 6.07 Å². The Morgan fingerprint density at radius 2 is 2.15 bits per heavy atom. The highest BCUT2D eigenvalue weighted by Crippen LogP contribution is 2.18. The molecular formula is C15H25N3O2. The Kier molecular flexibility index (Phi) is 7.04. The predicted octanol–water partition coefficient (Wildman–Crippen LogP) is 0.913. The van der Waals surface area contributed by atoms with Gasteiger partial charge >= 0.3 is 0 Å². The minimum Gasteiger partial charge on any atom is -0.383 e. The minimum atomic E-state index is 0.00139. The van der Waals surface area contributed by atoms with Crippen molar-refractivity contribution >= 4 is 11.6 Å². The van der Waals surface area contributed by atoms with E-state index in [1.54, 1.807) is 7.11 Å². The molecule has 0 aliphatic heterocycles. The molecule has 0 heterocycles. The Balaban J connectivity index is 2.56. The van der Waals surface area contributed by atoms with Crippen LogP contribution < -0.4 is 15.5 Å². The fourth-order valence-corrected chi connectivity index (χ4v) is 1.96. The van der Waals surface area contributed by atoms with Crippen LogP contribution in [0.3, 0.4) is 0 Å². The molecule has 1 amide bonds. The van der Waals surface area contributed by atoms with Crippen molar-refractivity contribution in [1.29, 1.82) is 0 Å². The molecule has 0 spiro atoms. The van der Waals surface area contributed by atoms with Crippen LogP contribution in [-0.2, 0) is 16.1 Å². The lowest BCUT2D eigenvalue weighted by Gasteiger charge is -2.20. The van der Waals surface area contributed by atoms with Gasteiger partial charge in [0.2, 0.25) is 5.91 Å². The van der Waals surface area contributed by atoms with Crippen molar-refractivity contribution < 1.29 is 9.53 Å². The van der Waals surface area contributed by atoms with Crippen molar-refractivity contribution in [2.24, 2.45) is 0 Å². The SMILES string of the molecule is CNCc1ccc(N(C)CC(=O)NCCOC)cc1C. The van der Waals surface area contributed by atoms with Gasteiger partial charge in [0.25, 0.3) is 0 Å². The second-order valence-electron chi connectivity index (χ2n) is 4.84. The summed E-state index contributed by atoms with van der Waals surface area (Å²) in [6.45, 7) is 4.36. The number of amides is 1. The quantitative estimate of drug-likeness (QED) is 0.695. The second kappa shape index (κ2) is 8.55. The lowest BCUT2D eigenvalue weighted by atomic mass is 10.1. The third-order valence-electron chi connectivity index (χ3n) is 3.14. The van der Waals surface area contributed by atoms with E-state index in [1.165, 1.54) is 11.1 Å². The van der Waals surface area contributed by atoms with Crippen LogP contribution in [0.1, 0.15) is 11.1 Å². The first-order chi connectivity index (χ1) is 9.58. The number of ether oxygens (including phenoxy) is 1. The molecule has 0 aliphatic carbocycles. The first-order valence-corrected chi connectivity index (χ1v) is 6.79. The predicted molar refractivity (Wildman–Crippen MR) is 82.1 cm³/mol. The highest BCUT2D eigenvalue weighted by Gasteiger charge is 2.08. The smallest absolute Gasteiger partial charge is 0.239 e. The van der Waals surface area contributed by atoms with Crippen molar-refractivity contribution in [3.05, 3.63) is 29.3 Å². The molecule has 112 valence electrons. The van der Waals surface area contributed by atoms with Crippen molar-refractivity contribution in [2.45, 2.75) is 13.5 Å². The molecule has 0 saturated carbocycles. The molecule has 1 aromatic carbocycles. The zero-order valence-electron chi connectivity index (χ0n) is 12.8. The van der Waals surface area contributed by atoms with Crippen molar-refractivity contribution in [2.75, 3.05) is 45.8 Å². The number of benzene rings is 1. The summed E-state index contributed by atoms with van der Waals surface area (Å²) in [5, 5.41) is 5.96. The molecule has 0 aromatic heterocycles. The van der Waals surface area contributed by atoms with Gasteiger partial charge in [0.1, 0.15) is 0 Å². The largest absolute Gasteiger partial charge is 0.383 e. The van der Waals surface area contributed by atoms with Crippen LogP contribution in [0.15, 0.2) is 18.2 Å². The van der Waals surface area contributed by atoms with E-state index in [-0.39, 0.29) is 5.91 Å². The fraction of sp³-hybridized carbons (Fsp3) is 0.533. The Morgan fingerprint density at radius 3 is 2.75 bits per heavy atom. The zero-order valence-corrected chi connectivity index (χ0v) is 12.8.